The van der Waals surface area contributed by atoms with Crippen LogP contribution in [0.5, 0.6) is 17.2 Å². The summed E-state index contributed by atoms with van der Waals surface area (Å²) in [5.41, 5.74) is 0.109. The Kier molecular flexibility index (Phi) is 7.58. The molecule has 190 valence electrons. The standard InChI is InChI=1S/C27H23NO9/c1-33-17-7-8-19-20(14-25(31)36-22(19)13-17)26(27(32)28-15-18-4-3-11-35-18)37-24(30)10-6-16-5-9-21(29)23(12-16)34-2/h3-14,26,29H,15H2,1-2H3,(H,28,32)/b10-6-. The second-order valence-corrected chi connectivity index (χ2v) is 7.76. The Hall–Kier alpha value is -4.99. The van der Waals surface area contributed by atoms with Crippen molar-refractivity contribution in [2.45, 2.75) is 12.6 Å². The topological polar surface area (TPSA) is 137 Å². The Morgan fingerprint density at radius 2 is 1.92 bits per heavy atom. The maximum Gasteiger partial charge on any atom is 0.336 e. The monoisotopic (exact) mass is 505 g/mol. The van der Waals surface area contributed by atoms with Crippen LogP contribution in [0.2, 0.25) is 0 Å². The summed E-state index contributed by atoms with van der Waals surface area (Å²) in [7, 11) is 2.87. The molecule has 2 N–H and O–H groups in total. The number of nitrogens with one attached hydrogen (secondary N) is 1. The van der Waals surface area contributed by atoms with E-state index in [0.29, 0.717) is 22.5 Å². The summed E-state index contributed by atoms with van der Waals surface area (Å²) in [6.45, 7) is 0.0379. The highest BCUT2D eigenvalue weighted by molar-refractivity contribution is 5.94. The first-order valence-corrected chi connectivity index (χ1v) is 11.1. The number of fused-ring (bicyclic) bond motifs is 1. The van der Waals surface area contributed by atoms with Gasteiger partial charge in [-0.05, 0) is 48.0 Å². The van der Waals surface area contributed by atoms with E-state index in [4.69, 9.17) is 23.0 Å². The second-order valence-electron chi connectivity index (χ2n) is 7.76. The fraction of sp³-hybridized carbons (Fsp3) is 0.148. The van der Waals surface area contributed by atoms with Gasteiger partial charge in [0.2, 0.25) is 6.10 Å². The lowest BCUT2D eigenvalue weighted by atomic mass is 10.0. The van der Waals surface area contributed by atoms with Crippen LogP contribution in [0.15, 0.2) is 80.6 Å². The van der Waals surface area contributed by atoms with Crippen molar-refractivity contribution >= 4 is 28.9 Å². The smallest absolute Gasteiger partial charge is 0.336 e. The molecular formula is C27H23NO9. The van der Waals surface area contributed by atoms with E-state index in [2.05, 4.69) is 5.32 Å². The molecule has 1 atom stereocenters. The lowest BCUT2D eigenvalue weighted by molar-refractivity contribution is -0.151. The van der Waals surface area contributed by atoms with Gasteiger partial charge in [-0.3, -0.25) is 4.79 Å². The molecule has 0 saturated carbocycles. The SMILES string of the molecule is COc1ccc2c(C(OC(=O)/C=C\c3ccc(O)c(OC)c3)C(=O)NCc3ccco3)cc(=O)oc2c1. The molecule has 0 aliphatic carbocycles. The van der Waals surface area contributed by atoms with E-state index in [1.54, 1.807) is 30.3 Å². The van der Waals surface area contributed by atoms with Crippen LogP contribution in [0.25, 0.3) is 17.0 Å². The van der Waals surface area contributed by atoms with Gasteiger partial charge in [-0.2, -0.15) is 0 Å². The number of rotatable bonds is 9. The van der Waals surface area contributed by atoms with Crippen LogP contribution in [0.4, 0.5) is 0 Å². The molecule has 0 aliphatic heterocycles. The summed E-state index contributed by atoms with van der Waals surface area (Å²) in [4.78, 5) is 38.3. The van der Waals surface area contributed by atoms with E-state index < -0.39 is 23.6 Å². The summed E-state index contributed by atoms with van der Waals surface area (Å²) in [5, 5.41) is 12.8. The lowest BCUT2D eigenvalue weighted by Gasteiger charge is -2.18. The van der Waals surface area contributed by atoms with Gasteiger partial charge < -0.3 is 33.5 Å². The van der Waals surface area contributed by atoms with Crippen LogP contribution >= 0.6 is 0 Å². The molecule has 0 radical (unpaired) electrons. The van der Waals surface area contributed by atoms with Crippen LogP contribution < -0.4 is 20.4 Å². The van der Waals surface area contributed by atoms with Gasteiger partial charge in [-0.25, -0.2) is 9.59 Å². The number of hydrogen-bond acceptors (Lipinski definition) is 9. The number of phenols is 1. The van der Waals surface area contributed by atoms with Crippen molar-refractivity contribution in [1.29, 1.82) is 0 Å². The molecular weight excluding hydrogens is 482 g/mol. The van der Waals surface area contributed by atoms with Crippen molar-refractivity contribution in [3.8, 4) is 17.2 Å². The Bertz CT molecular complexity index is 1500. The first-order valence-electron chi connectivity index (χ1n) is 11.1. The Morgan fingerprint density at radius 3 is 2.65 bits per heavy atom. The maximum atomic E-state index is 13.2. The summed E-state index contributed by atoms with van der Waals surface area (Å²) in [6.07, 6.45) is 2.53. The number of ether oxygens (including phenoxy) is 3. The number of benzene rings is 2. The van der Waals surface area contributed by atoms with Gasteiger partial charge in [0, 0.05) is 29.2 Å². The van der Waals surface area contributed by atoms with Gasteiger partial charge in [-0.1, -0.05) is 6.07 Å². The fourth-order valence-electron chi connectivity index (χ4n) is 3.57. The number of esters is 1. The first-order chi connectivity index (χ1) is 17.9. The highest BCUT2D eigenvalue weighted by Gasteiger charge is 2.28. The predicted octanol–water partition coefficient (Wildman–Crippen LogP) is 3.72. The van der Waals surface area contributed by atoms with Gasteiger partial charge in [0.25, 0.3) is 5.91 Å². The van der Waals surface area contributed by atoms with Crippen molar-refractivity contribution < 1.29 is 37.7 Å². The van der Waals surface area contributed by atoms with E-state index in [1.165, 1.54) is 44.8 Å². The lowest BCUT2D eigenvalue weighted by Crippen LogP contribution is -2.32. The molecule has 0 aliphatic rings. The van der Waals surface area contributed by atoms with E-state index in [-0.39, 0.29) is 29.2 Å². The zero-order chi connectivity index (χ0) is 26.4. The third-order valence-electron chi connectivity index (χ3n) is 5.37. The maximum absolute atomic E-state index is 13.2. The zero-order valence-electron chi connectivity index (χ0n) is 19.9. The number of aromatic hydroxyl groups is 1. The molecule has 37 heavy (non-hydrogen) atoms. The van der Waals surface area contributed by atoms with Crippen molar-refractivity contribution in [3.05, 3.63) is 94.2 Å². The van der Waals surface area contributed by atoms with Crippen molar-refractivity contribution in [2.24, 2.45) is 0 Å². The highest BCUT2D eigenvalue weighted by Crippen LogP contribution is 2.29. The number of methoxy groups -OCH3 is 2. The number of furan rings is 1. The van der Waals surface area contributed by atoms with Crippen LogP contribution in [0.3, 0.4) is 0 Å². The first kappa shape index (κ1) is 25.1. The minimum Gasteiger partial charge on any atom is -0.504 e. The highest BCUT2D eigenvalue weighted by atomic mass is 16.5. The normalized spacial score (nSPS) is 11.8. The average molecular weight is 505 g/mol. The molecule has 0 bridgehead atoms. The summed E-state index contributed by atoms with van der Waals surface area (Å²) >= 11 is 0. The summed E-state index contributed by atoms with van der Waals surface area (Å²) < 4.78 is 26.3. The molecule has 2 aromatic carbocycles. The van der Waals surface area contributed by atoms with E-state index in [0.717, 1.165) is 12.1 Å². The molecule has 10 nitrogen and oxygen atoms in total. The molecule has 4 rings (SSSR count). The van der Waals surface area contributed by atoms with Gasteiger partial charge in [0.15, 0.2) is 11.5 Å². The molecule has 0 spiro atoms. The quantitative estimate of drug-likeness (QED) is 0.198. The van der Waals surface area contributed by atoms with Gasteiger partial charge in [-0.15, -0.1) is 0 Å². The minimum absolute atomic E-state index is 0.0379. The third-order valence-corrected chi connectivity index (χ3v) is 5.37. The van der Waals surface area contributed by atoms with Crippen LogP contribution in [0.1, 0.15) is 23.0 Å². The zero-order valence-corrected chi connectivity index (χ0v) is 19.9. The van der Waals surface area contributed by atoms with Gasteiger partial charge in [0.1, 0.15) is 17.1 Å². The Labute approximate surface area is 210 Å². The summed E-state index contributed by atoms with van der Waals surface area (Å²) in [5.74, 6) is -0.421. The second kappa shape index (κ2) is 11.2. The van der Waals surface area contributed by atoms with Gasteiger partial charge in [0.05, 0.1) is 27.0 Å². The van der Waals surface area contributed by atoms with E-state index in [9.17, 15) is 19.5 Å². The molecule has 2 heterocycles. The fourth-order valence-corrected chi connectivity index (χ4v) is 3.57. The third kappa shape index (κ3) is 5.99. The Balaban J connectivity index is 1.65. The number of amides is 1. The molecule has 1 unspecified atom stereocenters. The summed E-state index contributed by atoms with van der Waals surface area (Å²) in [6, 6.07) is 13.7. The number of phenolic OH excluding ortho intramolecular Hbond substituents is 1. The predicted molar refractivity (Wildman–Crippen MR) is 132 cm³/mol. The molecule has 0 fully saturated rings. The number of carbonyl (C=O) groups excluding carboxylic acids is 2. The van der Waals surface area contributed by atoms with Crippen molar-refractivity contribution in [2.75, 3.05) is 14.2 Å². The molecule has 4 aromatic rings. The van der Waals surface area contributed by atoms with Crippen LogP contribution in [0, 0.1) is 0 Å². The molecule has 2 aromatic heterocycles. The number of hydrogen-bond donors (Lipinski definition) is 2. The van der Waals surface area contributed by atoms with Crippen LogP contribution in [-0.2, 0) is 20.9 Å². The largest absolute Gasteiger partial charge is 0.504 e. The molecule has 1 amide bonds. The minimum atomic E-state index is -1.48. The molecule has 0 saturated heterocycles. The Morgan fingerprint density at radius 1 is 1.08 bits per heavy atom. The van der Waals surface area contributed by atoms with Gasteiger partial charge >= 0.3 is 11.6 Å². The average Bonchev–Trinajstić information content (AvgIpc) is 3.42. The van der Waals surface area contributed by atoms with Crippen molar-refractivity contribution in [1.82, 2.24) is 5.32 Å². The number of carbonyl (C=O) groups is 2. The molecule has 10 heteroatoms. The van der Waals surface area contributed by atoms with E-state index in [1.807, 2.05) is 0 Å². The van der Waals surface area contributed by atoms with E-state index >= 15 is 0 Å². The van der Waals surface area contributed by atoms with Crippen molar-refractivity contribution in [3.63, 3.8) is 0 Å². The van der Waals surface area contributed by atoms with Crippen LogP contribution in [-0.4, -0.2) is 31.2 Å².